The van der Waals surface area contributed by atoms with Gasteiger partial charge in [0.25, 0.3) is 0 Å². The van der Waals surface area contributed by atoms with Crippen LogP contribution in [0.1, 0.15) is 35.6 Å². The number of aliphatic hydroxyl groups is 1. The smallest absolute Gasteiger partial charge is 0.189 e. The Morgan fingerprint density at radius 3 is 2.81 bits per heavy atom. The quantitative estimate of drug-likeness (QED) is 0.673. The maximum atomic E-state index is 10.0. The van der Waals surface area contributed by atoms with Crippen molar-refractivity contribution in [2.45, 2.75) is 32.0 Å². The number of benzene rings is 2. The van der Waals surface area contributed by atoms with Gasteiger partial charge in [-0.05, 0) is 48.1 Å². The van der Waals surface area contributed by atoms with Crippen molar-refractivity contribution in [3.8, 4) is 5.75 Å². The predicted molar refractivity (Wildman–Crippen MR) is 81.1 cm³/mol. The van der Waals surface area contributed by atoms with Crippen LogP contribution in [-0.4, -0.2) is 11.9 Å². The second-order valence-corrected chi connectivity index (χ2v) is 5.36. The summed E-state index contributed by atoms with van der Waals surface area (Å²) in [6.45, 7) is 0.748. The van der Waals surface area contributed by atoms with Gasteiger partial charge >= 0.3 is 0 Å². The number of hydrogen-bond donors (Lipinski definition) is 1. The number of aryl methyl sites for hydroxylation is 1. The Kier molecular flexibility index (Phi) is 4.53. The highest BCUT2D eigenvalue weighted by molar-refractivity contribution is 5.38. The molecule has 2 aromatic rings. The molecule has 2 aromatic carbocycles. The topological polar surface area (TPSA) is 38.7 Å². The fraction of sp³-hybridized carbons (Fsp3) is 0.333. The molecular weight excluding hydrogens is 264 g/mol. The third-order valence-electron chi connectivity index (χ3n) is 3.82. The van der Waals surface area contributed by atoms with Crippen molar-refractivity contribution >= 4 is 0 Å². The van der Waals surface area contributed by atoms with E-state index in [1.165, 1.54) is 5.56 Å². The molecule has 0 bridgehead atoms. The van der Waals surface area contributed by atoms with E-state index in [2.05, 4.69) is 0 Å². The van der Waals surface area contributed by atoms with Gasteiger partial charge in [0.1, 0.15) is 5.75 Å². The first-order chi connectivity index (χ1) is 10.3. The summed E-state index contributed by atoms with van der Waals surface area (Å²) in [6, 6.07) is 15.9. The molecular formula is C18H20O3. The van der Waals surface area contributed by atoms with Gasteiger partial charge in [0.15, 0.2) is 6.79 Å². The molecule has 1 atom stereocenters. The molecule has 0 saturated carbocycles. The first-order valence-electron chi connectivity index (χ1n) is 7.38. The van der Waals surface area contributed by atoms with E-state index >= 15 is 0 Å². The lowest BCUT2D eigenvalue weighted by atomic mass is 9.89. The van der Waals surface area contributed by atoms with Gasteiger partial charge in [0, 0.05) is 0 Å². The van der Waals surface area contributed by atoms with Crippen LogP contribution >= 0.6 is 0 Å². The maximum absolute atomic E-state index is 10.0. The van der Waals surface area contributed by atoms with Crippen LogP contribution in [0.2, 0.25) is 0 Å². The lowest BCUT2D eigenvalue weighted by Gasteiger charge is -2.21. The SMILES string of the molecule is O[C@H]1CCCc2ccc(OCOCc3ccccc3)cc21. The molecule has 1 N–H and O–H groups in total. The summed E-state index contributed by atoms with van der Waals surface area (Å²) in [4.78, 5) is 0. The van der Waals surface area contributed by atoms with Crippen LogP contribution in [0.4, 0.5) is 0 Å². The van der Waals surface area contributed by atoms with Crippen LogP contribution in [0.25, 0.3) is 0 Å². The van der Waals surface area contributed by atoms with Gasteiger partial charge in [0.05, 0.1) is 12.7 Å². The minimum atomic E-state index is -0.359. The van der Waals surface area contributed by atoms with Crippen molar-refractivity contribution in [1.29, 1.82) is 0 Å². The summed E-state index contributed by atoms with van der Waals surface area (Å²) in [7, 11) is 0. The van der Waals surface area contributed by atoms with E-state index in [1.54, 1.807) is 0 Å². The van der Waals surface area contributed by atoms with Gasteiger partial charge in [-0.15, -0.1) is 0 Å². The van der Waals surface area contributed by atoms with Crippen LogP contribution in [0.5, 0.6) is 5.75 Å². The van der Waals surface area contributed by atoms with Gasteiger partial charge in [-0.3, -0.25) is 0 Å². The predicted octanol–water partition coefficient (Wildman–Crippen LogP) is 3.61. The number of ether oxygens (including phenoxy) is 2. The maximum Gasteiger partial charge on any atom is 0.189 e. The summed E-state index contributed by atoms with van der Waals surface area (Å²) in [5.41, 5.74) is 3.36. The van der Waals surface area contributed by atoms with Gasteiger partial charge in [-0.1, -0.05) is 36.4 Å². The molecule has 0 aromatic heterocycles. The van der Waals surface area contributed by atoms with Crippen LogP contribution in [0, 0.1) is 0 Å². The zero-order chi connectivity index (χ0) is 14.5. The Morgan fingerprint density at radius 2 is 1.95 bits per heavy atom. The number of rotatable bonds is 5. The Balaban J connectivity index is 1.53. The first kappa shape index (κ1) is 14.1. The van der Waals surface area contributed by atoms with Crippen molar-refractivity contribution in [2.75, 3.05) is 6.79 Å². The van der Waals surface area contributed by atoms with Crippen LogP contribution in [0.3, 0.4) is 0 Å². The largest absolute Gasteiger partial charge is 0.468 e. The van der Waals surface area contributed by atoms with Crippen molar-refractivity contribution in [3.05, 3.63) is 65.2 Å². The minimum Gasteiger partial charge on any atom is -0.468 e. The fourth-order valence-electron chi connectivity index (χ4n) is 2.69. The summed E-state index contributed by atoms with van der Waals surface area (Å²) in [5, 5.41) is 10.0. The second kappa shape index (κ2) is 6.74. The molecule has 0 amide bonds. The molecule has 21 heavy (non-hydrogen) atoms. The molecule has 0 spiro atoms. The van der Waals surface area contributed by atoms with E-state index in [0.717, 1.165) is 36.1 Å². The molecule has 0 aliphatic heterocycles. The highest BCUT2D eigenvalue weighted by Gasteiger charge is 2.18. The third-order valence-corrected chi connectivity index (χ3v) is 3.82. The summed E-state index contributed by atoms with van der Waals surface area (Å²) >= 11 is 0. The van der Waals surface area contributed by atoms with Gasteiger partial charge in [0.2, 0.25) is 0 Å². The molecule has 0 unspecified atom stereocenters. The Morgan fingerprint density at radius 1 is 1.10 bits per heavy atom. The van der Waals surface area contributed by atoms with Crippen LogP contribution in [0.15, 0.2) is 48.5 Å². The number of fused-ring (bicyclic) bond motifs is 1. The molecule has 3 heteroatoms. The highest BCUT2D eigenvalue weighted by Crippen LogP contribution is 2.32. The summed E-state index contributed by atoms with van der Waals surface area (Å²) in [6.07, 6.45) is 2.56. The molecule has 0 saturated heterocycles. The van der Waals surface area contributed by atoms with E-state index in [0.29, 0.717) is 6.61 Å². The zero-order valence-corrected chi connectivity index (χ0v) is 12.0. The molecule has 3 rings (SSSR count). The second-order valence-electron chi connectivity index (χ2n) is 5.36. The van der Waals surface area contributed by atoms with Crippen molar-refractivity contribution in [2.24, 2.45) is 0 Å². The van der Waals surface area contributed by atoms with E-state index in [9.17, 15) is 5.11 Å². The third kappa shape index (κ3) is 3.63. The standard InChI is InChI=1S/C18H20O3/c19-18-8-4-7-15-9-10-16(11-17(15)18)21-13-20-12-14-5-2-1-3-6-14/h1-3,5-6,9-11,18-19H,4,7-8,12-13H2/t18-/m0/s1. The monoisotopic (exact) mass is 284 g/mol. The zero-order valence-electron chi connectivity index (χ0n) is 12.0. The fourth-order valence-corrected chi connectivity index (χ4v) is 2.69. The molecule has 1 aliphatic carbocycles. The molecule has 0 fully saturated rings. The molecule has 0 heterocycles. The molecule has 110 valence electrons. The van der Waals surface area contributed by atoms with Crippen LogP contribution < -0.4 is 4.74 Å². The first-order valence-corrected chi connectivity index (χ1v) is 7.38. The van der Waals surface area contributed by atoms with Gasteiger partial charge < -0.3 is 14.6 Å². The number of aliphatic hydroxyl groups excluding tert-OH is 1. The van der Waals surface area contributed by atoms with E-state index in [1.807, 2.05) is 48.5 Å². The van der Waals surface area contributed by atoms with Gasteiger partial charge in [-0.2, -0.15) is 0 Å². The molecule has 1 aliphatic rings. The van der Waals surface area contributed by atoms with E-state index in [-0.39, 0.29) is 12.9 Å². The lowest BCUT2D eigenvalue weighted by Crippen LogP contribution is -2.10. The average Bonchev–Trinajstić information content (AvgIpc) is 2.53. The van der Waals surface area contributed by atoms with Crippen LogP contribution in [-0.2, 0) is 17.8 Å². The average molecular weight is 284 g/mol. The summed E-state index contributed by atoms with van der Waals surface area (Å²) < 4.78 is 11.1. The van der Waals surface area contributed by atoms with Gasteiger partial charge in [-0.25, -0.2) is 0 Å². The number of hydrogen-bond acceptors (Lipinski definition) is 3. The van der Waals surface area contributed by atoms with Crippen molar-refractivity contribution < 1.29 is 14.6 Å². The van der Waals surface area contributed by atoms with E-state index in [4.69, 9.17) is 9.47 Å². The van der Waals surface area contributed by atoms with E-state index < -0.39 is 0 Å². The lowest BCUT2D eigenvalue weighted by molar-refractivity contribution is 0.00484. The van der Waals surface area contributed by atoms with Crippen molar-refractivity contribution in [3.63, 3.8) is 0 Å². The normalized spacial score (nSPS) is 17.3. The Labute approximate surface area is 125 Å². The Hall–Kier alpha value is -1.84. The highest BCUT2D eigenvalue weighted by atomic mass is 16.7. The molecule has 0 radical (unpaired) electrons. The minimum absolute atomic E-state index is 0.212. The molecule has 3 nitrogen and oxygen atoms in total. The Bertz CT molecular complexity index is 580. The van der Waals surface area contributed by atoms with Crippen molar-refractivity contribution in [1.82, 2.24) is 0 Å². The summed E-state index contributed by atoms with van der Waals surface area (Å²) in [5.74, 6) is 0.753.